The van der Waals surface area contributed by atoms with Crippen LogP contribution in [-0.2, 0) is 11.2 Å². The Morgan fingerprint density at radius 1 is 1.22 bits per heavy atom. The molecule has 0 amide bonds. The van der Waals surface area contributed by atoms with Crippen LogP contribution in [0.3, 0.4) is 0 Å². The molecule has 0 bridgehead atoms. The van der Waals surface area contributed by atoms with Crippen LogP contribution in [0.5, 0.6) is 0 Å². The summed E-state index contributed by atoms with van der Waals surface area (Å²) in [4.78, 5) is 12.2. The number of piperidine rings is 1. The standard InChI is InChI=1S/C16H21NO/c18-15(7-6-13-4-2-1-3-5-13)14-12-16(14)8-10-17-11-9-16/h1-5,14,17H,6-12H2. The highest BCUT2D eigenvalue weighted by molar-refractivity contribution is 5.85. The summed E-state index contributed by atoms with van der Waals surface area (Å²) in [6, 6.07) is 10.3. The maximum absolute atomic E-state index is 12.2. The second-order valence-electron chi connectivity index (χ2n) is 5.82. The molecule has 1 saturated carbocycles. The molecule has 0 radical (unpaired) electrons. The van der Waals surface area contributed by atoms with Gasteiger partial charge in [-0.3, -0.25) is 4.79 Å². The Labute approximate surface area is 109 Å². The van der Waals surface area contributed by atoms with Crippen molar-refractivity contribution in [3.05, 3.63) is 35.9 Å². The van der Waals surface area contributed by atoms with E-state index in [9.17, 15) is 4.79 Å². The topological polar surface area (TPSA) is 29.1 Å². The van der Waals surface area contributed by atoms with Gasteiger partial charge in [-0.2, -0.15) is 0 Å². The van der Waals surface area contributed by atoms with Gasteiger partial charge in [0.2, 0.25) is 0 Å². The van der Waals surface area contributed by atoms with E-state index in [-0.39, 0.29) is 0 Å². The van der Waals surface area contributed by atoms with Crippen LogP contribution in [0.25, 0.3) is 0 Å². The summed E-state index contributed by atoms with van der Waals surface area (Å²) >= 11 is 0. The van der Waals surface area contributed by atoms with Gasteiger partial charge in [0.05, 0.1) is 0 Å². The average molecular weight is 243 g/mol. The highest BCUT2D eigenvalue weighted by atomic mass is 16.1. The van der Waals surface area contributed by atoms with Gasteiger partial charge in [0.25, 0.3) is 0 Å². The first-order valence-electron chi connectivity index (χ1n) is 7.08. The van der Waals surface area contributed by atoms with E-state index < -0.39 is 0 Å². The lowest BCUT2D eigenvalue weighted by Crippen LogP contribution is -2.30. The number of nitrogens with one attached hydrogen (secondary N) is 1. The van der Waals surface area contributed by atoms with Crippen LogP contribution >= 0.6 is 0 Å². The molecule has 1 atom stereocenters. The number of benzene rings is 1. The third-order valence-corrected chi connectivity index (χ3v) is 4.68. The Bertz CT molecular complexity index is 420. The average Bonchev–Trinajstić information content (AvgIpc) is 3.12. The Kier molecular flexibility index (Phi) is 3.21. The quantitative estimate of drug-likeness (QED) is 0.880. The molecule has 1 heterocycles. The Morgan fingerprint density at radius 2 is 1.94 bits per heavy atom. The zero-order valence-corrected chi connectivity index (χ0v) is 10.8. The summed E-state index contributed by atoms with van der Waals surface area (Å²) in [7, 11) is 0. The van der Waals surface area contributed by atoms with Gasteiger partial charge in [0, 0.05) is 12.3 Å². The molecule has 1 aliphatic carbocycles. The number of rotatable bonds is 4. The normalized spacial score (nSPS) is 25.0. The molecule has 2 heteroatoms. The molecule has 1 aliphatic heterocycles. The molecule has 3 rings (SSSR count). The lowest BCUT2D eigenvalue weighted by Gasteiger charge is -2.23. The lowest BCUT2D eigenvalue weighted by atomic mass is 9.89. The Hall–Kier alpha value is -1.15. The summed E-state index contributed by atoms with van der Waals surface area (Å²) in [6.45, 7) is 2.20. The minimum absolute atomic E-state index is 0.378. The second kappa shape index (κ2) is 4.85. The van der Waals surface area contributed by atoms with Gasteiger partial charge in [-0.15, -0.1) is 0 Å². The van der Waals surface area contributed by atoms with Crippen LogP contribution in [0, 0.1) is 11.3 Å². The smallest absolute Gasteiger partial charge is 0.136 e. The maximum atomic E-state index is 12.2. The first-order chi connectivity index (χ1) is 8.80. The van der Waals surface area contributed by atoms with E-state index in [4.69, 9.17) is 0 Å². The molecule has 2 fully saturated rings. The SMILES string of the molecule is O=C(CCc1ccccc1)C1CC12CCNCC2. The predicted molar refractivity (Wildman–Crippen MR) is 72.4 cm³/mol. The number of hydrogen-bond donors (Lipinski definition) is 1. The number of hydrogen-bond acceptors (Lipinski definition) is 2. The second-order valence-corrected chi connectivity index (χ2v) is 5.82. The van der Waals surface area contributed by atoms with E-state index >= 15 is 0 Å². The van der Waals surface area contributed by atoms with Crippen LogP contribution in [-0.4, -0.2) is 18.9 Å². The fourth-order valence-electron chi connectivity index (χ4n) is 3.37. The molecule has 96 valence electrons. The van der Waals surface area contributed by atoms with Gasteiger partial charge in [0.1, 0.15) is 5.78 Å². The van der Waals surface area contributed by atoms with Crippen molar-refractivity contribution in [2.75, 3.05) is 13.1 Å². The molecule has 1 saturated heterocycles. The van der Waals surface area contributed by atoms with E-state index in [1.807, 2.05) is 18.2 Å². The third kappa shape index (κ3) is 2.35. The predicted octanol–water partition coefficient (Wildman–Crippen LogP) is 2.58. The van der Waals surface area contributed by atoms with Crippen molar-refractivity contribution in [2.45, 2.75) is 32.1 Å². The van der Waals surface area contributed by atoms with Gasteiger partial charge in [-0.05, 0) is 49.8 Å². The molecule has 1 aromatic rings. The van der Waals surface area contributed by atoms with Crippen molar-refractivity contribution in [1.82, 2.24) is 5.32 Å². The van der Waals surface area contributed by atoms with Gasteiger partial charge >= 0.3 is 0 Å². The van der Waals surface area contributed by atoms with E-state index in [1.54, 1.807) is 0 Å². The van der Waals surface area contributed by atoms with Gasteiger partial charge in [-0.25, -0.2) is 0 Å². The number of carbonyl (C=O) groups is 1. The van der Waals surface area contributed by atoms with E-state index in [0.29, 0.717) is 17.1 Å². The van der Waals surface area contributed by atoms with E-state index in [2.05, 4.69) is 17.4 Å². The third-order valence-electron chi connectivity index (χ3n) is 4.68. The largest absolute Gasteiger partial charge is 0.317 e. The molecule has 1 spiro atoms. The van der Waals surface area contributed by atoms with Crippen molar-refractivity contribution >= 4 is 5.78 Å². The summed E-state index contributed by atoms with van der Waals surface area (Å²) in [5.74, 6) is 0.879. The first kappa shape index (κ1) is 11.9. The fourth-order valence-corrected chi connectivity index (χ4v) is 3.37. The van der Waals surface area contributed by atoms with Crippen LogP contribution < -0.4 is 5.32 Å². The molecule has 0 aromatic heterocycles. The molecule has 2 aliphatic rings. The maximum Gasteiger partial charge on any atom is 0.136 e. The summed E-state index contributed by atoms with van der Waals surface area (Å²) in [5.41, 5.74) is 1.69. The Morgan fingerprint density at radius 3 is 2.67 bits per heavy atom. The van der Waals surface area contributed by atoms with Crippen LogP contribution in [0.1, 0.15) is 31.2 Å². The van der Waals surface area contributed by atoms with Gasteiger partial charge in [0.15, 0.2) is 0 Å². The molecule has 18 heavy (non-hydrogen) atoms. The molecule has 1 N–H and O–H groups in total. The molecular formula is C16H21NO. The van der Waals surface area contributed by atoms with Crippen LogP contribution in [0.4, 0.5) is 0 Å². The fraction of sp³-hybridized carbons (Fsp3) is 0.562. The summed E-state index contributed by atoms with van der Waals surface area (Å²) < 4.78 is 0. The number of aryl methyl sites for hydroxylation is 1. The van der Waals surface area contributed by atoms with Crippen molar-refractivity contribution < 1.29 is 4.79 Å². The first-order valence-corrected chi connectivity index (χ1v) is 7.08. The lowest BCUT2D eigenvalue weighted by molar-refractivity contribution is -0.121. The van der Waals surface area contributed by atoms with Crippen molar-refractivity contribution in [3.63, 3.8) is 0 Å². The summed E-state index contributed by atoms with van der Waals surface area (Å²) in [6.07, 6.45) is 5.19. The highest BCUT2D eigenvalue weighted by Gasteiger charge is 2.56. The monoisotopic (exact) mass is 243 g/mol. The van der Waals surface area contributed by atoms with Crippen molar-refractivity contribution in [1.29, 1.82) is 0 Å². The van der Waals surface area contributed by atoms with Crippen molar-refractivity contribution in [2.24, 2.45) is 11.3 Å². The zero-order chi connectivity index (χ0) is 12.4. The zero-order valence-electron chi connectivity index (χ0n) is 10.8. The number of carbonyl (C=O) groups excluding carboxylic acids is 1. The van der Waals surface area contributed by atoms with E-state index in [0.717, 1.165) is 32.4 Å². The number of ketones is 1. The molecule has 1 unspecified atom stereocenters. The summed E-state index contributed by atoms with van der Waals surface area (Å²) in [5, 5.41) is 3.39. The highest BCUT2D eigenvalue weighted by Crippen LogP contribution is 2.59. The molecular weight excluding hydrogens is 222 g/mol. The van der Waals surface area contributed by atoms with Gasteiger partial charge < -0.3 is 5.32 Å². The number of Topliss-reactive ketones (excluding diaryl/α,β-unsaturated/α-hetero) is 1. The van der Waals surface area contributed by atoms with Gasteiger partial charge in [-0.1, -0.05) is 30.3 Å². The molecule has 2 nitrogen and oxygen atoms in total. The Balaban J connectivity index is 1.51. The minimum Gasteiger partial charge on any atom is -0.317 e. The van der Waals surface area contributed by atoms with Crippen LogP contribution in [0.2, 0.25) is 0 Å². The molecule has 1 aromatic carbocycles. The van der Waals surface area contributed by atoms with E-state index in [1.165, 1.54) is 18.4 Å². The minimum atomic E-state index is 0.378. The van der Waals surface area contributed by atoms with Crippen LogP contribution in [0.15, 0.2) is 30.3 Å². The van der Waals surface area contributed by atoms with Crippen molar-refractivity contribution in [3.8, 4) is 0 Å².